The van der Waals surface area contributed by atoms with E-state index in [9.17, 15) is 0 Å². The van der Waals surface area contributed by atoms with Crippen molar-refractivity contribution in [3.63, 3.8) is 0 Å². The molecule has 0 amide bonds. The lowest BCUT2D eigenvalue weighted by Gasteiger charge is -2.16. The first-order valence-electron chi connectivity index (χ1n) is 5.76. The number of hydrogen-bond donors (Lipinski definition) is 1. The van der Waals surface area contributed by atoms with E-state index in [1.54, 1.807) is 14.2 Å². The van der Waals surface area contributed by atoms with Gasteiger partial charge in [0.25, 0.3) is 0 Å². The Morgan fingerprint density at radius 1 is 0.875 bits per heavy atom. The molecule has 0 aromatic carbocycles. The van der Waals surface area contributed by atoms with E-state index in [-0.39, 0.29) is 0 Å². The Bertz CT molecular complexity index is 122. The van der Waals surface area contributed by atoms with Crippen molar-refractivity contribution in [2.75, 3.05) is 73.9 Å². The Hall–Kier alpha value is -0.200. The van der Waals surface area contributed by atoms with Crippen LogP contribution in [0.4, 0.5) is 0 Å². The molecule has 1 N–H and O–H groups in total. The number of hydrogen-bond acceptors (Lipinski definition) is 5. The average molecular weight is 234 g/mol. The van der Waals surface area contributed by atoms with Gasteiger partial charge in [-0.15, -0.1) is 0 Å². The van der Waals surface area contributed by atoms with Gasteiger partial charge in [0.05, 0.1) is 26.4 Å². The second-order valence-electron chi connectivity index (χ2n) is 3.65. The van der Waals surface area contributed by atoms with Gasteiger partial charge in [-0.25, -0.2) is 0 Å². The lowest BCUT2D eigenvalue weighted by molar-refractivity contribution is 0.0607. The molecular weight excluding hydrogens is 208 g/mol. The van der Waals surface area contributed by atoms with Gasteiger partial charge in [-0.2, -0.15) is 0 Å². The van der Waals surface area contributed by atoms with Gasteiger partial charge >= 0.3 is 0 Å². The first-order valence-corrected chi connectivity index (χ1v) is 5.76. The zero-order valence-electron chi connectivity index (χ0n) is 10.8. The number of rotatable bonds is 12. The van der Waals surface area contributed by atoms with Crippen LogP contribution < -0.4 is 5.32 Å². The quantitative estimate of drug-likeness (QED) is 0.474. The second-order valence-corrected chi connectivity index (χ2v) is 3.65. The smallest absolute Gasteiger partial charge is 0.0700 e. The summed E-state index contributed by atoms with van der Waals surface area (Å²) < 4.78 is 15.2. The van der Waals surface area contributed by atoms with Gasteiger partial charge in [0.2, 0.25) is 0 Å². The minimum Gasteiger partial charge on any atom is -0.383 e. The Labute approximate surface area is 99.0 Å². The third kappa shape index (κ3) is 11.9. The molecule has 16 heavy (non-hydrogen) atoms. The molecule has 0 aliphatic heterocycles. The van der Waals surface area contributed by atoms with Gasteiger partial charge in [-0.1, -0.05) is 0 Å². The maximum atomic E-state index is 5.38. The van der Waals surface area contributed by atoms with Gasteiger partial charge in [-0.3, -0.25) is 0 Å². The molecule has 98 valence electrons. The highest BCUT2D eigenvalue weighted by molar-refractivity contribution is 4.54. The molecule has 0 aromatic rings. The molecule has 0 rings (SSSR count). The van der Waals surface area contributed by atoms with Crippen molar-refractivity contribution in [2.45, 2.75) is 0 Å². The molecule has 0 unspecified atom stereocenters. The fourth-order valence-electron chi connectivity index (χ4n) is 1.15. The summed E-state index contributed by atoms with van der Waals surface area (Å²) in [5.74, 6) is 0. The van der Waals surface area contributed by atoms with Crippen LogP contribution in [-0.2, 0) is 14.2 Å². The monoisotopic (exact) mass is 234 g/mol. The molecule has 0 heterocycles. The summed E-state index contributed by atoms with van der Waals surface area (Å²) in [4.78, 5) is 2.24. The summed E-state index contributed by atoms with van der Waals surface area (Å²) in [7, 11) is 5.49. The Kier molecular flexibility index (Phi) is 12.7. The Morgan fingerprint density at radius 2 is 1.62 bits per heavy atom. The molecule has 0 atom stereocenters. The number of likely N-dealkylation sites (N-methyl/N-ethyl adjacent to an activating group) is 1. The molecule has 5 heteroatoms. The minimum atomic E-state index is 0.669. The van der Waals surface area contributed by atoms with Crippen molar-refractivity contribution in [2.24, 2.45) is 0 Å². The maximum Gasteiger partial charge on any atom is 0.0700 e. The first-order chi connectivity index (χ1) is 7.81. The second kappa shape index (κ2) is 12.9. The van der Waals surface area contributed by atoms with E-state index in [1.807, 2.05) is 0 Å². The van der Waals surface area contributed by atoms with Gasteiger partial charge < -0.3 is 24.4 Å². The highest BCUT2D eigenvalue weighted by Crippen LogP contribution is 1.83. The molecule has 0 fully saturated rings. The molecule has 5 nitrogen and oxygen atoms in total. The standard InChI is InChI=1S/C11H26N2O3/c1-13(6-4-12-5-8-14-2)7-9-16-11-10-15-3/h12H,4-11H2,1-3H3. The number of nitrogens with zero attached hydrogens (tertiary/aromatic N) is 1. The molecule has 0 spiro atoms. The van der Waals surface area contributed by atoms with Crippen LogP contribution in [-0.4, -0.2) is 78.8 Å². The molecule has 0 bridgehead atoms. The van der Waals surface area contributed by atoms with Crippen molar-refractivity contribution >= 4 is 0 Å². The molecule has 0 radical (unpaired) electrons. The first kappa shape index (κ1) is 15.8. The summed E-state index contributed by atoms with van der Waals surface area (Å²) >= 11 is 0. The van der Waals surface area contributed by atoms with Crippen LogP contribution in [0.15, 0.2) is 0 Å². The lowest BCUT2D eigenvalue weighted by atomic mass is 10.5. The van der Waals surface area contributed by atoms with Gasteiger partial charge in [0.15, 0.2) is 0 Å². The number of nitrogens with one attached hydrogen (secondary N) is 1. The number of ether oxygens (including phenoxy) is 3. The van der Waals surface area contributed by atoms with E-state index in [2.05, 4.69) is 17.3 Å². The van der Waals surface area contributed by atoms with E-state index in [4.69, 9.17) is 14.2 Å². The molecule has 0 aromatic heterocycles. The number of methoxy groups -OCH3 is 2. The Morgan fingerprint density at radius 3 is 2.31 bits per heavy atom. The predicted molar refractivity (Wildman–Crippen MR) is 64.9 cm³/mol. The zero-order valence-corrected chi connectivity index (χ0v) is 10.8. The van der Waals surface area contributed by atoms with E-state index in [0.29, 0.717) is 13.2 Å². The summed E-state index contributed by atoms with van der Waals surface area (Å²) in [5.41, 5.74) is 0. The van der Waals surface area contributed by atoms with Gasteiger partial charge in [0, 0.05) is 40.4 Å². The SMILES string of the molecule is COCCNCCN(C)CCOCCOC. The van der Waals surface area contributed by atoms with Crippen LogP contribution >= 0.6 is 0 Å². The molecule has 0 aliphatic rings. The fourth-order valence-corrected chi connectivity index (χ4v) is 1.15. The third-order valence-electron chi connectivity index (χ3n) is 2.20. The molecule has 0 saturated heterocycles. The van der Waals surface area contributed by atoms with Crippen LogP contribution in [0.25, 0.3) is 0 Å². The normalized spacial score (nSPS) is 11.2. The third-order valence-corrected chi connectivity index (χ3v) is 2.20. The van der Waals surface area contributed by atoms with Crippen molar-refractivity contribution in [1.82, 2.24) is 10.2 Å². The average Bonchev–Trinajstić information content (AvgIpc) is 2.28. The minimum absolute atomic E-state index is 0.669. The van der Waals surface area contributed by atoms with Gasteiger partial charge in [0.1, 0.15) is 0 Å². The highest BCUT2D eigenvalue weighted by Gasteiger charge is 1.97. The van der Waals surface area contributed by atoms with Crippen LogP contribution in [0.3, 0.4) is 0 Å². The summed E-state index contributed by atoms with van der Waals surface area (Å²) in [6.07, 6.45) is 0. The largest absolute Gasteiger partial charge is 0.383 e. The molecular formula is C11H26N2O3. The lowest BCUT2D eigenvalue weighted by Crippen LogP contribution is -2.32. The molecule has 0 aliphatic carbocycles. The van der Waals surface area contributed by atoms with E-state index in [1.165, 1.54) is 0 Å². The predicted octanol–water partition coefficient (Wildman–Crippen LogP) is -0.183. The topological polar surface area (TPSA) is 43.0 Å². The zero-order chi connectivity index (χ0) is 12.1. The fraction of sp³-hybridized carbons (Fsp3) is 1.00. The highest BCUT2D eigenvalue weighted by atomic mass is 16.5. The summed E-state index contributed by atoms with van der Waals surface area (Å²) in [5, 5.41) is 3.30. The van der Waals surface area contributed by atoms with Crippen molar-refractivity contribution in [3.05, 3.63) is 0 Å². The van der Waals surface area contributed by atoms with E-state index in [0.717, 1.165) is 39.4 Å². The Balaban J connectivity index is 3.09. The van der Waals surface area contributed by atoms with Crippen molar-refractivity contribution in [1.29, 1.82) is 0 Å². The van der Waals surface area contributed by atoms with Crippen molar-refractivity contribution < 1.29 is 14.2 Å². The summed E-state index contributed by atoms with van der Waals surface area (Å²) in [6, 6.07) is 0. The maximum absolute atomic E-state index is 5.38. The van der Waals surface area contributed by atoms with Crippen LogP contribution in [0.2, 0.25) is 0 Å². The van der Waals surface area contributed by atoms with E-state index < -0.39 is 0 Å². The molecule has 0 saturated carbocycles. The van der Waals surface area contributed by atoms with Crippen LogP contribution in [0, 0.1) is 0 Å². The van der Waals surface area contributed by atoms with Gasteiger partial charge in [-0.05, 0) is 7.05 Å². The van der Waals surface area contributed by atoms with Crippen LogP contribution in [0.1, 0.15) is 0 Å². The summed E-state index contributed by atoms with van der Waals surface area (Å²) in [6.45, 7) is 6.75. The van der Waals surface area contributed by atoms with Crippen molar-refractivity contribution in [3.8, 4) is 0 Å². The van der Waals surface area contributed by atoms with E-state index >= 15 is 0 Å². The van der Waals surface area contributed by atoms with Crippen LogP contribution in [0.5, 0.6) is 0 Å².